The molecule has 1 aromatic carbocycles. The Morgan fingerprint density at radius 1 is 1.25 bits per heavy atom. The fourth-order valence-electron chi connectivity index (χ4n) is 1.39. The van der Waals surface area contributed by atoms with E-state index >= 15 is 0 Å². The predicted octanol–water partition coefficient (Wildman–Crippen LogP) is 3.32. The van der Waals surface area contributed by atoms with Crippen LogP contribution in [0.3, 0.4) is 0 Å². The third-order valence-electron chi connectivity index (χ3n) is 2.21. The highest BCUT2D eigenvalue weighted by Crippen LogP contribution is 2.26. The molecule has 2 rings (SSSR count). The number of hydrogen-bond donors (Lipinski definition) is 1. The van der Waals surface area contributed by atoms with Gasteiger partial charge in [-0.2, -0.15) is 0 Å². The molecule has 1 aromatic heterocycles. The van der Waals surface area contributed by atoms with Gasteiger partial charge in [0, 0.05) is 10.6 Å². The van der Waals surface area contributed by atoms with Gasteiger partial charge in [0.15, 0.2) is 0 Å². The SMILES string of the molecule is O=C(c1cccs1)C(O)c1ccccc1Cl. The van der Waals surface area contributed by atoms with E-state index in [0.29, 0.717) is 15.5 Å². The molecule has 0 aliphatic rings. The summed E-state index contributed by atoms with van der Waals surface area (Å²) in [7, 11) is 0. The van der Waals surface area contributed by atoms with Crippen molar-refractivity contribution in [3.8, 4) is 0 Å². The number of Topliss-reactive ketones (excluding diaryl/α,β-unsaturated/α-hetero) is 1. The molecule has 0 radical (unpaired) electrons. The van der Waals surface area contributed by atoms with Gasteiger partial charge < -0.3 is 5.11 Å². The summed E-state index contributed by atoms with van der Waals surface area (Å²) in [4.78, 5) is 12.4. The van der Waals surface area contributed by atoms with Crippen LogP contribution in [0.5, 0.6) is 0 Å². The average molecular weight is 253 g/mol. The van der Waals surface area contributed by atoms with Gasteiger partial charge in [-0.3, -0.25) is 4.79 Å². The van der Waals surface area contributed by atoms with E-state index in [4.69, 9.17) is 11.6 Å². The van der Waals surface area contributed by atoms with Crippen LogP contribution < -0.4 is 0 Å². The lowest BCUT2D eigenvalue weighted by Crippen LogP contribution is -2.11. The fraction of sp³-hybridized carbons (Fsp3) is 0.0833. The quantitative estimate of drug-likeness (QED) is 0.851. The molecule has 82 valence electrons. The van der Waals surface area contributed by atoms with Crippen molar-refractivity contribution >= 4 is 28.7 Å². The zero-order chi connectivity index (χ0) is 11.5. The van der Waals surface area contributed by atoms with Crippen molar-refractivity contribution in [2.75, 3.05) is 0 Å². The third kappa shape index (κ3) is 2.16. The van der Waals surface area contributed by atoms with Gasteiger partial charge in [0.2, 0.25) is 5.78 Å². The number of halogens is 1. The molecule has 1 unspecified atom stereocenters. The number of ketones is 1. The first-order valence-electron chi connectivity index (χ1n) is 4.70. The number of benzene rings is 1. The standard InChI is InChI=1S/C12H9ClO2S/c13-9-5-2-1-4-8(9)11(14)12(15)10-6-3-7-16-10/h1-7,11,14H. The van der Waals surface area contributed by atoms with E-state index in [1.54, 1.807) is 41.8 Å². The van der Waals surface area contributed by atoms with E-state index in [-0.39, 0.29) is 5.78 Å². The van der Waals surface area contributed by atoms with E-state index in [0.717, 1.165) is 0 Å². The van der Waals surface area contributed by atoms with Crippen LogP contribution in [0.25, 0.3) is 0 Å². The second-order valence-corrected chi connectivity index (χ2v) is 4.62. The first-order chi connectivity index (χ1) is 7.70. The van der Waals surface area contributed by atoms with Gasteiger partial charge in [-0.05, 0) is 17.5 Å². The Morgan fingerprint density at radius 3 is 2.62 bits per heavy atom. The summed E-state index contributed by atoms with van der Waals surface area (Å²) < 4.78 is 0. The number of carbonyl (C=O) groups is 1. The summed E-state index contributed by atoms with van der Waals surface area (Å²) in [5.41, 5.74) is 0.447. The average Bonchev–Trinajstić information content (AvgIpc) is 2.81. The van der Waals surface area contributed by atoms with Crippen molar-refractivity contribution in [2.45, 2.75) is 6.10 Å². The topological polar surface area (TPSA) is 37.3 Å². The molecule has 0 aliphatic heterocycles. The van der Waals surface area contributed by atoms with Crippen molar-refractivity contribution in [3.63, 3.8) is 0 Å². The molecule has 1 N–H and O–H groups in total. The van der Waals surface area contributed by atoms with Crippen LogP contribution in [0.2, 0.25) is 5.02 Å². The summed E-state index contributed by atoms with van der Waals surface area (Å²) in [6.07, 6.45) is -1.19. The van der Waals surface area contributed by atoms with Gasteiger partial charge in [-0.25, -0.2) is 0 Å². The fourth-order valence-corrected chi connectivity index (χ4v) is 2.32. The molecular formula is C12H9ClO2S. The molecule has 2 aromatic rings. The number of thiophene rings is 1. The Hall–Kier alpha value is -1.16. The van der Waals surface area contributed by atoms with Gasteiger partial charge >= 0.3 is 0 Å². The minimum atomic E-state index is -1.19. The summed E-state index contributed by atoms with van der Waals surface area (Å²) >= 11 is 7.22. The smallest absolute Gasteiger partial charge is 0.205 e. The van der Waals surface area contributed by atoms with Crippen LogP contribution in [-0.2, 0) is 0 Å². The van der Waals surface area contributed by atoms with Crippen molar-refractivity contribution in [2.24, 2.45) is 0 Å². The van der Waals surface area contributed by atoms with E-state index in [1.165, 1.54) is 11.3 Å². The summed E-state index contributed by atoms with van der Waals surface area (Å²) in [6.45, 7) is 0. The second kappa shape index (κ2) is 4.78. The van der Waals surface area contributed by atoms with Crippen LogP contribution in [0, 0.1) is 0 Å². The highest BCUT2D eigenvalue weighted by molar-refractivity contribution is 7.12. The molecular weight excluding hydrogens is 244 g/mol. The largest absolute Gasteiger partial charge is 0.380 e. The molecule has 1 heterocycles. The first kappa shape index (κ1) is 11.3. The van der Waals surface area contributed by atoms with Gasteiger partial charge in [-0.1, -0.05) is 35.9 Å². The number of rotatable bonds is 3. The zero-order valence-electron chi connectivity index (χ0n) is 8.26. The molecule has 0 amide bonds. The maximum atomic E-state index is 11.9. The summed E-state index contributed by atoms with van der Waals surface area (Å²) in [5.74, 6) is -0.317. The van der Waals surface area contributed by atoms with Gasteiger partial charge in [0.05, 0.1) is 4.88 Å². The van der Waals surface area contributed by atoms with Gasteiger partial charge in [0.25, 0.3) is 0 Å². The summed E-state index contributed by atoms with van der Waals surface area (Å²) in [6, 6.07) is 10.3. The number of aliphatic hydroxyl groups excluding tert-OH is 1. The van der Waals surface area contributed by atoms with Crippen LogP contribution in [-0.4, -0.2) is 10.9 Å². The highest BCUT2D eigenvalue weighted by Gasteiger charge is 2.21. The Kier molecular flexibility index (Phi) is 3.39. The molecule has 0 saturated carbocycles. The Balaban J connectivity index is 2.30. The highest BCUT2D eigenvalue weighted by atomic mass is 35.5. The maximum Gasteiger partial charge on any atom is 0.205 e. The van der Waals surface area contributed by atoms with E-state index in [2.05, 4.69) is 0 Å². The van der Waals surface area contributed by atoms with E-state index in [1.807, 2.05) is 0 Å². The van der Waals surface area contributed by atoms with Gasteiger partial charge in [0.1, 0.15) is 6.10 Å². The van der Waals surface area contributed by atoms with Crippen LogP contribution in [0.1, 0.15) is 21.3 Å². The molecule has 0 aliphatic carbocycles. The minimum Gasteiger partial charge on any atom is -0.380 e. The van der Waals surface area contributed by atoms with Gasteiger partial charge in [-0.15, -0.1) is 11.3 Å². The Labute approximate surface area is 102 Å². The third-order valence-corrected chi connectivity index (χ3v) is 3.44. The molecule has 1 atom stereocenters. The number of carbonyl (C=O) groups excluding carboxylic acids is 1. The molecule has 0 saturated heterocycles. The monoisotopic (exact) mass is 252 g/mol. The molecule has 4 heteroatoms. The van der Waals surface area contributed by atoms with Crippen molar-refractivity contribution in [1.29, 1.82) is 0 Å². The van der Waals surface area contributed by atoms with Crippen LogP contribution in [0.15, 0.2) is 41.8 Å². The minimum absolute atomic E-state index is 0.317. The van der Waals surface area contributed by atoms with E-state index < -0.39 is 6.10 Å². The Morgan fingerprint density at radius 2 is 2.00 bits per heavy atom. The summed E-state index contributed by atoms with van der Waals surface area (Å²) in [5, 5.41) is 12.1. The Bertz CT molecular complexity index is 493. The molecule has 0 fully saturated rings. The normalized spacial score (nSPS) is 12.4. The van der Waals surface area contributed by atoms with Crippen molar-refractivity contribution in [1.82, 2.24) is 0 Å². The molecule has 2 nitrogen and oxygen atoms in total. The number of aliphatic hydroxyl groups is 1. The maximum absolute atomic E-state index is 11.9. The lowest BCUT2D eigenvalue weighted by Gasteiger charge is -2.10. The van der Waals surface area contributed by atoms with Crippen molar-refractivity contribution in [3.05, 3.63) is 57.2 Å². The van der Waals surface area contributed by atoms with Crippen LogP contribution in [0.4, 0.5) is 0 Å². The number of hydrogen-bond acceptors (Lipinski definition) is 3. The zero-order valence-corrected chi connectivity index (χ0v) is 9.83. The lowest BCUT2D eigenvalue weighted by molar-refractivity contribution is 0.0752. The second-order valence-electron chi connectivity index (χ2n) is 3.27. The first-order valence-corrected chi connectivity index (χ1v) is 5.96. The molecule has 16 heavy (non-hydrogen) atoms. The molecule has 0 bridgehead atoms. The van der Waals surface area contributed by atoms with E-state index in [9.17, 15) is 9.90 Å². The van der Waals surface area contributed by atoms with Crippen molar-refractivity contribution < 1.29 is 9.90 Å². The molecule has 0 spiro atoms. The lowest BCUT2D eigenvalue weighted by atomic mass is 10.0. The predicted molar refractivity (Wildman–Crippen MR) is 65.1 cm³/mol. The van der Waals surface area contributed by atoms with Crippen LogP contribution >= 0.6 is 22.9 Å².